The summed E-state index contributed by atoms with van der Waals surface area (Å²) < 4.78 is 0. The van der Waals surface area contributed by atoms with Crippen molar-refractivity contribution in [3.63, 3.8) is 0 Å². The van der Waals surface area contributed by atoms with Crippen LogP contribution in [0, 0.1) is 13.8 Å². The summed E-state index contributed by atoms with van der Waals surface area (Å²) in [6, 6.07) is 6.83. The molecule has 0 bridgehead atoms. The molecule has 3 nitrogen and oxygen atoms in total. The minimum Gasteiger partial charge on any atom is -0.356 e. The fourth-order valence-corrected chi connectivity index (χ4v) is 2.72. The van der Waals surface area contributed by atoms with Gasteiger partial charge in [0.25, 0.3) is 0 Å². The van der Waals surface area contributed by atoms with Crippen LogP contribution in [0.5, 0.6) is 0 Å². The van der Waals surface area contributed by atoms with Crippen molar-refractivity contribution in [3.8, 4) is 0 Å². The molecule has 0 spiro atoms. The van der Waals surface area contributed by atoms with E-state index in [1.54, 1.807) is 0 Å². The highest BCUT2D eigenvalue weighted by molar-refractivity contribution is 5.78. The molecule has 1 amide bonds. The summed E-state index contributed by atoms with van der Waals surface area (Å²) in [5.41, 5.74) is 3.63. The largest absolute Gasteiger partial charge is 0.356 e. The number of rotatable bonds is 5. The number of nitrogens with one attached hydrogen (secondary N) is 2. The molecule has 1 unspecified atom stereocenters. The molecule has 0 aromatic heterocycles. The number of carbonyl (C=O) groups excluding carboxylic acids is 1. The van der Waals surface area contributed by atoms with E-state index < -0.39 is 0 Å². The molecule has 20 heavy (non-hydrogen) atoms. The van der Waals surface area contributed by atoms with Gasteiger partial charge in [0.2, 0.25) is 5.91 Å². The zero-order chi connectivity index (χ0) is 14.4. The van der Waals surface area contributed by atoms with E-state index in [0.717, 1.165) is 25.1 Å². The normalized spacial score (nSPS) is 18.8. The van der Waals surface area contributed by atoms with Gasteiger partial charge >= 0.3 is 0 Å². The van der Waals surface area contributed by atoms with E-state index in [1.165, 1.54) is 30.4 Å². The Labute approximate surface area is 122 Å². The van der Waals surface area contributed by atoms with Crippen molar-refractivity contribution in [2.24, 2.45) is 0 Å². The molecule has 1 aliphatic heterocycles. The summed E-state index contributed by atoms with van der Waals surface area (Å²) in [5, 5.41) is 6.54. The molecule has 1 aromatic carbocycles. The van der Waals surface area contributed by atoms with Crippen LogP contribution >= 0.6 is 0 Å². The van der Waals surface area contributed by atoms with Crippen molar-refractivity contribution >= 4 is 5.91 Å². The summed E-state index contributed by atoms with van der Waals surface area (Å²) in [4.78, 5) is 11.9. The zero-order valence-electron chi connectivity index (χ0n) is 12.7. The molecule has 1 atom stereocenters. The number of aryl methyl sites for hydroxylation is 2. The number of amides is 1. The Morgan fingerprint density at radius 2 is 2.15 bits per heavy atom. The van der Waals surface area contributed by atoms with E-state index in [1.807, 2.05) is 6.07 Å². The molecule has 1 heterocycles. The van der Waals surface area contributed by atoms with Crippen molar-refractivity contribution in [3.05, 3.63) is 34.9 Å². The average molecular weight is 274 g/mol. The van der Waals surface area contributed by atoms with Gasteiger partial charge in [-0.15, -0.1) is 0 Å². The van der Waals surface area contributed by atoms with Gasteiger partial charge in [0.15, 0.2) is 0 Å². The van der Waals surface area contributed by atoms with Crippen LogP contribution in [0.1, 0.15) is 42.4 Å². The molecule has 2 rings (SSSR count). The third-order valence-corrected chi connectivity index (χ3v) is 4.16. The zero-order valence-corrected chi connectivity index (χ0v) is 12.7. The van der Waals surface area contributed by atoms with Crippen molar-refractivity contribution in [1.82, 2.24) is 10.6 Å². The van der Waals surface area contributed by atoms with E-state index in [9.17, 15) is 4.79 Å². The summed E-state index contributed by atoms with van der Waals surface area (Å²) in [5.74, 6) is 0.129. The van der Waals surface area contributed by atoms with Crippen LogP contribution in [0.2, 0.25) is 0 Å². The van der Waals surface area contributed by atoms with E-state index in [2.05, 4.69) is 36.6 Å². The first-order valence-corrected chi connectivity index (χ1v) is 7.71. The van der Waals surface area contributed by atoms with Crippen molar-refractivity contribution in [2.45, 2.75) is 52.0 Å². The van der Waals surface area contributed by atoms with Gasteiger partial charge in [0.05, 0.1) is 6.42 Å². The van der Waals surface area contributed by atoms with Crippen LogP contribution in [-0.4, -0.2) is 25.0 Å². The van der Waals surface area contributed by atoms with Gasteiger partial charge in [0, 0.05) is 12.6 Å². The fraction of sp³-hybridized carbons (Fsp3) is 0.588. The first-order chi connectivity index (χ1) is 9.65. The molecule has 0 saturated carbocycles. The van der Waals surface area contributed by atoms with Gasteiger partial charge < -0.3 is 10.6 Å². The predicted molar refractivity (Wildman–Crippen MR) is 82.9 cm³/mol. The van der Waals surface area contributed by atoms with E-state index >= 15 is 0 Å². The van der Waals surface area contributed by atoms with Crippen molar-refractivity contribution in [1.29, 1.82) is 0 Å². The third-order valence-electron chi connectivity index (χ3n) is 4.16. The lowest BCUT2D eigenvalue weighted by Gasteiger charge is -2.23. The second-order valence-electron chi connectivity index (χ2n) is 5.88. The van der Waals surface area contributed by atoms with Crippen LogP contribution in [-0.2, 0) is 11.2 Å². The van der Waals surface area contributed by atoms with Crippen molar-refractivity contribution in [2.75, 3.05) is 13.1 Å². The Bertz CT molecular complexity index is 450. The van der Waals surface area contributed by atoms with Crippen LogP contribution < -0.4 is 10.6 Å². The van der Waals surface area contributed by atoms with Crippen LogP contribution in [0.4, 0.5) is 0 Å². The highest BCUT2D eigenvalue weighted by atomic mass is 16.1. The molecular formula is C17H26N2O. The van der Waals surface area contributed by atoms with Gasteiger partial charge in [-0.1, -0.05) is 24.6 Å². The SMILES string of the molecule is Cc1ccc(CC(=O)NCCC2CCCCN2)cc1C. The van der Waals surface area contributed by atoms with Crippen LogP contribution in [0.15, 0.2) is 18.2 Å². The van der Waals surface area contributed by atoms with Gasteiger partial charge in [-0.3, -0.25) is 4.79 Å². The number of piperidine rings is 1. The van der Waals surface area contributed by atoms with Gasteiger partial charge in [0.1, 0.15) is 0 Å². The van der Waals surface area contributed by atoms with Crippen molar-refractivity contribution < 1.29 is 4.79 Å². The second kappa shape index (κ2) is 7.44. The smallest absolute Gasteiger partial charge is 0.224 e. The molecule has 1 saturated heterocycles. The maximum atomic E-state index is 11.9. The minimum atomic E-state index is 0.129. The molecule has 3 heteroatoms. The lowest BCUT2D eigenvalue weighted by atomic mass is 10.0. The topological polar surface area (TPSA) is 41.1 Å². The summed E-state index contributed by atoms with van der Waals surface area (Å²) in [6.07, 6.45) is 5.37. The minimum absolute atomic E-state index is 0.129. The Hall–Kier alpha value is -1.35. The lowest BCUT2D eigenvalue weighted by Crippen LogP contribution is -2.37. The molecule has 1 aromatic rings. The second-order valence-corrected chi connectivity index (χ2v) is 5.88. The maximum absolute atomic E-state index is 11.9. The van der Waals surface area contributed by atoms with Crippen LogP contribution in [0.25, 0.3) is 0 Å². The number of hydrogen-bond acceptors (Lipinski definition) is 2. The maximum Gasteiger partial charge on any atom is 0.224 e. The summed E-state index contributed by atoms with van der Waals surface area (Å²) in [7, 11) is 0. The number of carbonyl (C=O) groups is 1. The fourth-order valence-electron chi connectivity index (χ4n) is 2.72. The molecule has 0 radical (unpaired) electrons. The highest BCUT2D eigenvalue weighted by Gasteiger charge is 2.12. The Kier molecular flexibility index (Phi) is 5.60. The lowest BCUT2D eigenvalue weighted by molar-refractivity contribution is -0.120. The summed E-state index contributed by atoms with van der Waals surface area (Å²) in [6.45, 7) is 6.09. The predicted octanol–water partition coefficient (Wildman–Crippen LogP) is 2.49. The summed E-state index contributed by atoms with van der Waals surface area (Å²) >= 11 is 0. The number of benzene rings is 1. The number of hydrogen-bond donors (Lipinski definition) is 2. The molecule has 110 valence electrons. The monoisotopic (exact) mass is 274 g/mol. The molecular weight excluding hydrogens is 248 g/mol. The molecule has 1 fully saturated rings. The van der Waals surface area contributed by atoms with E-state index in [0.29, 0.717) is 12.5 Å². The Morgan fingerprint density at radius 1 is 1.30 bits per heavy atom. The van der Waals surface area contributed by atoms with Gasteiger partial charge in [-0.05, 0) is 56.3 Å². The Balaban J connectivity index is 1.70. The first kappa shape index (κ1) is 15.0. The van der Waals surface area contributed by atoms with E-state index in [-0.39, 0.29) is 5.91 Å². The van der Waals surface area contributed by atoms with E-state index in [4.69, 9.17) is 0 Å². The Morgan fingerprint density at radius 3 is 2.85 bits per heavy atom. The molecule has 1 aliphatic rings. The highest BCUT2D eigenvalue weighted by Crippen LogP contribution is 2.11. The molecule has 0 aliphatic carbocycles. The average Bonchev–Trinajstić information content (AvgIpc) is 2.44. The van der Waals surface area contributed by atoms with Crippen LogP contribution in [0.3, 0.4) is 0 Å². The third kappa shape index (κ3) is 4.64. The van der Waals surface area contributed by atoms with Gasteiger partial charge in [-0.2, -0.15) is 0 Å². The first-order valence-electron chi connectivity index (χ1n) is 7.71. The molecule has 2 N–H and O–H groups in total. The van der Waals surface area contributed by atoms with Gasteiger partial charge in [-0.25, -0.2) is 0 Å². The standard InChI is InChI=1S/C17H26N2O/c1-13-6-7-15(11-14(13)2)12-17(20)19-10-8-16-5-3-4-9-18-16/h6-7,11,16,18H,3-5,8-10,12H2,1-2H3,(H,19,20). The quantitative estimate of drug-likeness (QED) is 0.866.